The Morgan fingerprint density at radius 2 is 1.87 bits per heavy atom. The van der Waals surface area contributed by atoms with Gasteiger partial charge in [0.2, 0.25) is 0 Å². The maximum Gasteiger partial charge on any atom is 0.174 e. The lowest BCUT2D eigenvalue weighted by Gasteiger charge is -2.27. The largest absolute Gasteiger partial charge is 0.507 e. The van der Waals surface area contributed by atoms with E-state index in [-0.39, 0.29) is 58.0 Å². The first kappa shape index (κ1) is 22.3. The van der Waals surface area contributed by atoms with Crippen LogP contribution in [0.2, 0.25) is 0 Å². The van der Waals surface area contributed by atoms with E-state index >= 15 is 0 Å². The second-order valence-electron chi connectivity index (χ2n) is 8.21. The van der Waals surface area contributed by atoms with Gasteiger partial charge >= 0.3 is 0 Å². The average Bonchev–Trinajstić information content (AvgIpc) is 2.68. The molecule has 2 atom stereocenters. The van der Waals surface area contributed by atoms with Gasteiger partial charge in [-0.3, -0.25) is 4.79 Å². The number of hydrogen-bond donors (Lipinski definition) is 4. The summed E-state index contributed by atoms with van der Waals surface area (Å²) in [6, 6.07) is 5.51. The van der Waals surface area contributed by atoms with Gasteiger partial charge in [0.15, 0.2) is 17.3 Å². The Kier molecular flexibility index (Phi) is 6.59. The summed E-state index contributed by atoms with van der Waals surface area (Å²) in [5.41, 5.74) is 1.99. The molecular formula is C25H28O6. The van der Waals surface area contributed by atoms with E-state index in [9.17, 15) is 25.2 Å². The van der Waals surface area contributed by atoms with Crippen molar-refractivity contribution in [1.29, 1.82) is 0 Å². The minimum atomic E-state index is -0.707. The summed E-state index contributed by atoms with van der Waals surface area (Å²) >= 11 is 0. The predicted molar refractivity (Wildman–Crippen MR) is 119 cm³/mol. The van der Waals surface area contributed by atoms with Gasteiger partial charge < -0.3 is 25.2 Å². The Balaban J connectivity index is 1.84. The zero-order valence-corrected chi connectivity index (χ0v) is 17.9. The monoisotopic (exact) mass is 424 g/mol. The van der Waals surface area contributed by atoms with E-state index in [0.717, 1.165) is 12.8 Å². The number of carbonyl (C=O) groups excluding carboxylic acids is 1. The number of phenols is 4. The van der Waals surface area contributed by atoms with Crippen LogP contribution in [-0.4, -0.2) is 26.2 Å². The van der Waals surface area contributed by atoms with Crippen molar-refractivity contribution < 1.29 is 30.0 Å². The lowest BCUT2D eigenvalue weighted by Crippen LogP contribution is -2.20. The van der Waals surface area contributed by atoms with Gasteiger partial charge in [-0.1, -0.05) is 36.8 Å². The number of ketones is 1. The van der Waals surface area contributed by atoms with E-state index < -0.39 is 6.10 Å². The van der Waals surface area contributed by atoms with Crippen LogP contribution in [0.3, 0.4) is 0 Å². The highest BCUT2D eigenvalue weighted by molar-refractivity contribution is 6.04. The number of carbonyl (C=O) groups is 1. The first-order chi connectivity index (χ1) is 14.7. The van der Waals surface area contributed by atoms with Crippen molar-refractivity contribution in [2.45, 2.75) is 46.1 Å². The van der Waals surface area contributed by atoms with Crippen LogP contribution < -0.4 is 4.74 Å². The number of fused-ring (bicyclic) bond motifs is 1. The summed E-state index contributed by atoms with van der Waals surface area (Å²) < 4.78 is 5.84. The molecule has 0 spiro atoms. The minimum Gasteiger partial charge on any atom is -0.507 e. The first-order valence-electron chi connectivity index (χ1n) is 10.3. The zero-order valence-electron chi connectivity index (χ0n) is 17.9. The summed E-state index contributed by atoms with van der Waals surface area (Å²) in [4.78, 5) is 12.8. The first-order valence-corrected chi connectivity index (χ1v) is 10.3. The van der Waals surface area contributed by atoms with Crippen molar-refractivity contribution in [2.24, 2.45) is 5.92 Å². The number of benzene rings is 2. The molecule has 31 heavy (non-hydrogen) atoms. The van der Waals surface area contributed by atoms with Crippen molar-refractivity contribution in [1.82, 2.24) is 0 Å². The third-order valence-corrected chi connectivity index (χ3v) is 5.34. The highest BCUT2D eigenvalue weighted by Gasteiger charge is 2.32. The van der Waals surface area contributed by atoms with Crippen LogP contribution in [0.15, 0.2) is 42.0 Å². The number of hydrogen-bond acceptors (Lipinski definition) is 6. The van der Waals surface area contributed by atoms with Gasteiger partial charge in [-0.25, -0.2) is 0 Å². The van der Waals surface area contributed by atoms with Gasteiger partial charge in [0.05, 0.1) is 12.0 Å². The van der Waals surface area contributed by atoms with Gasteiger partial charge in [-0.15, -0.1) is 0 Å². The quantitative estimate of drug-likeness (QED) is 0.355. The van der Waals surface area contributed by atoms with Crippen LogP contribution in [0.4, 0.5) is 0 Å². The topological polar surface area (TPSA) is 107 Å². The normalized spacial score (nSPS) is 16.6. The third-order valence-electron chi connectivity index (χ3n) is 5.34. The van der Waals surface area contributed by atoms with Crippen molar-refractivity contribution in [2.75, 3.05) is 0 Å². The molecule has 0 bridgehead atoms. The minimum absolute atomic E-state index is 0.0360. The summed E-state index contributed by atoms with van der Waals surface area (Å²) in [5, 5.41) is 40.3. The van der Waals surface area contributed by atoms with E-state index in [0.29, 0.717) is 5.56 Å². The molecule has 1 aliphatic heterocycles. The number of aromatic hydroxyl groups is 4. The molecule has 6 nitrogen and oxygen atoms in total. The number of allylic oxidation sites excluding steroid dienone is 3. The van der Waals surface area contributed by atoms with Crippen molar-refractivity contribution in [3.63, 3.8) is 0 Å². The molecule has 164 valence electrons. The number of ether oxygens (including phenoxy) is 1. The average molecular weight is 424 g/mol. The smallest absolute Gasteiger partial charge is 0.174 e. The molecule has 0 aliphatic carbocycles. The Morgan fingerprint density at radius 1 is 1.13 bits per heavy atom. The maximum atomic E-state index is 12.8. The highest BCUT2D eigenvalue weighted by atomic mass is 16.5. The molecule has 0 fully saturated rings. The van der Waals surface area contributed by atoms with Gasteiger partial charge in [-0.05, 0) is 50.3 Å². The molecule has 0 saturated carbocycles. The number of rotatable bonds is 6. The Labute approximate surface area is 181 Å². The van der Waals surface area contributed by atoms with Gasteiger partial charge in [-0.2, -0.15) is 0 Å². The van der Waals surface area contributed by atoms with Gasteiger partial charge in [0.25, 0.3) is 0 Å². The third kappa shape index (κ3) is 5.02. The molecule has 1 heterocycles. The summed E-state index contributed by atoms with van der Waals surface area (Å²) in [7, 11) is 0. The summed E-state index contributed by atoms with van der Waals surface area (Å²) in [6.07, 6.45) is 6.82. The van der Waals surface area contributed by atoms with Crippen LogP contribution in [-0.2, 0) is 0 Å². The molecule has 6 heteroatoms. The molecular weight excluding hydrogens is 396 g/mol. The molecule has 1 aliphatic rings. The predicted octanol–water partition coefficient (Wildman–Crippen LogP) is 5.61. The molecule has 0 radical (unpaired) electrons. The van der Waals surface area contributed by atoms with Crippen molar-refractivity contribution >= 4 is 11.9 Å². The Bertz CT molecular complexity index is 1050. The molecule has 0 unspecified atom stereocenters. The molecule has 3 rings (SSSR count). The van der Waals surface area contributed by atoms with Crippen molar-refractivity contribution in [3.8, 4) is 28.7 Å². The van der Waals surface area contributed by atoms with E-state index in [1.807, 2.05) is 13.0 Å². The molecule has 4 N–H and O–H groups in total. The van der Waals surface area contributed by atoms with Crippen LogP contribution in [0.1, 0.15) is 67.6 Å². The highest BCUT2D eigenvalue weighted by Crippen LogP contribution is 2.45. The van der Waals surface area contributed by atoms with Crippen LogP contribution in [0, 0.1) is 5.92 Å². The van der Waals surface area contributed by atoms with E-state index in [1.165, 1.54) is 23.8 Å². The fourth-order valence-corrected chi connectivity index (χ4v) is 3.56. The molecule has 2 aromatic rings. The second-order valence-corrected chi connectivity index (χ2v) is 8.21. The summed E-state index contributed by atoms with van der Waals surface area (Å²) in [5.74, 6) is -1.10. The van der Waals surface area contributed by atoms with E-state index in [2.05, 4.69) is 19.9 Å². The van der Waals surface area contributed by atoms with E-state index in [4.69, 9.17) is 4.74 Å². The molecule has 0 amide bonds. The number of Topliss-reactive ketones (excluding diaryl/α,β-unsaturated/α-hetero) is 1. The van der Waals surface area contributed by atoms with Crippen LogP contribution >= 0.6 is 0 Å². The fraction of sp³-hybridized carbons (Fsp3) is 0.320. The van der Waals surface area contributed by atoms with Crippen LogP contribution in [0.25, 0.3) is 6.08 Å². The number of phenolic OH excluding ortho intramolecular Hbond substituents is 4. The lowest BCUT2D eigenvalue weighted by molar-refractivity contribution is 0.0844. The molecule has 0 saturated heterocycles. The SMILES string of the molecule is CC(C)=CCC[C@H](C)C=Cc1c(O)cc2c(c1O)C(=O)C[C@@H](c1ccc(O)c(O)c1)O2. The fourth-order valence-electron chi connectivity index (χ4n) is 3.56. The Hall–Kier alpha value is -3.41. The lowest BCUT2D eigenvalue weighted by atomic mass is 9.93. The van der Waals surface area contributed by atoms with Crippen LogP contribution in [0.5, 0.6) is 28.7 Å². The van der Waals surface area contributed by atoms with E-state index in [1.54, 1.807) is 12.1 Å². The standard InChI is InChI=1S/C25H28O6/c1-14(2)5-4-6-15(3)7-9-17-19(27)12-23-24(25(17)30)21(29)13-22(31-23)16-8-10-18(26)20(28)11-16/h5,7-12,15,22,26-28,30H,4,6,13H2,1-3H3/t15-,22-/m0/s1. The maximum absolute atomic E-state index is 12.8. The summed E-state index contributed by atoms with van der Waals surface area (Å²) in [6.45, 7) is 6.16. The van der Waals surface area contributed by atoms with Crippen molar-refractivity contribution in [3.05, 3.63) is 58.7 Å². The van der Waals surface area contributed by atoms with Gasteiger partial charge in [0.1, 0.15) is 28.9 Å². The second kappa shape index (κ2) is 9.16. The molecule has 2 aromatic carbocycles. The zero-order chi connectivity index (χ0) is 22.7. The van der Waals surface area contributed by atoms with Gasteiger partial charge in [0, 0.05) is 6.07 Å². The molecule has 0 aromatic heterocycles. The Morgan fingerprint density at radius 3 is 2.55 bits per heavy atom.